The van der Waals surface area contributed by atoms with Crippen molar-refractivity contribution in [2.24, 2.45) is 0 Å². The van der Waals surface area contributed by atoms with E-state index in [1.165, 1.54) is 31.6 Å². The van der Waals surface area contributed by atoms with Crippen molar-refractivity contribution in [1.29, 1.82) is 0 Å². The summed E-state index contributed by atoms with van der Waals surface area (Å²) in [6, 6.07) is 7.77. The van der Waals surface area contributed by atoms with Crippen LogP contribution in [0.4, 0.5) is 5.69 Å². The molecule has 0 bridgehead atoms. The lowest BCUT2D eigenvalue weighted by molar-refractivity contribution is -0.140. The highest BCUT2D eigenvalue weighted by Gasteiger charge is 2.15. The van der Waals surface area contributed by atoms with E-state index in [4.69, 9.17) is 9.15 Å². The van der Waals surface area contributed by atoms with Crippen LogP contribution in [0.2, 0.25) is 0 Å². The number of carbonyl (C=O) groups excluding carboxylic acids is 4. The zero-order valence-corrected chi connectivity index (χ0v) is 16.2. The summed E-state index contributed by atoms with van der Waals surface area (Å²) in [5, 5.41) is 5.20. The smallest absolute Gasteiger partial charge is 0.338 e. The molecule has 0 saturated carbocycles. The van der Waals surface area contributed by atoms with Gasteiger partial charge in [0.15, 0.2) is 12.4 Å². The molecule has 154 valence electrons. The number of aryl methyl sites for hydroxylation is 1. The van der Waals surface area contributed by atoms with Crippen LogP contribution in [0.5, 0.6) is 0 Å². The highest BCUT2D eigenvalue weighted by molar-refractivity contribution is 6.03. The molecule has 2 rings (SSSR count). The molecule has 1 aromatic carbocycles. The molecule has 1 heterocycles. The van der Waals surface area contributed by atoms with Crippen LogP contribution < -0.4 is 10.6 Å². The zero-order chi connectivity index (χ0) is 21.2. The van der Waals surface area contributed by atoms with Crippen LogP contribution in [-0.2, 0) is 19.1 Å². The van der Waals surface area contributed by atoms with Gasteiger partial charge >= 0.3 is 11.9 Å². The molecule has 9 heteroatoms. The number of hydrogen-bond acceptors (Lipinski definition) is 7. The van der Waals surface area contributed by atoms with E-state index in [1.807, 2.05) is 0 Å². The number of benzene rings is 1. The molecular formula is C20H22N2O7. The van der Waals surface area contributed by atoms with Gasteiger partial charge in [-0.1, -0.05) is 6.07 Å². The highest BCUT2D eigenvalue weighted by atomic mass is 16.5. The quantitative estimate of drug-likeness (QED) is 0.486. The predicted octanol–water partition coefficient (Wildman–Crippen LogP) is 2.07. The fourth-order valence-electron chi connectivity index (χ4n) is 2.30. The third-order valence-corrected chi connectivity index (χ3v) is 3.91. The summed E-state index contributed by atoms with van der Waals surface area (Å²) in [6.07, 6.45) is 1.99. The second kappa shape index (κ2) is 10.6. The number of nitrogens with one attached hydrogen (secondary N) is 2. The lowest BCUT2D eigenvalue weighted by Gasteiger charge is -2.10. The van der Waals surface area contributed by atoms with E-state index in [9.17, 15) is 19.2 Å². The Balaban J connectivity index is 1.85. The maximum Gasteiger partial charge on any atom is 0.338 e. The maximum absolute atomic E-state index is 12.2. The molecule has 0 spiro atoms. The average Bonchev–Trinajstić information content (AvgIpc) is 3.25. The van der Waals surface area contributed by atoms with Crippen molar-refractivity contribution in [1.82, 2.24) is 5.32 Å². The predicted molar refractivity (Wildman–Crippen MR) is 102 cm³/mol. The number of amides is 2. The average molecular weight is 402 g/mol. The van der Waals surface area contributed by atoms with Crippen molar-refractivity contribution in [3.8, 4) is 0 Å². The van der Waals surface area contributed by atoms with Crippen molar-refractivity contribution >= 4 is 29.4 Å². The number of esters is 2. The topological polar surface area (TPSA) is 124 Å². The largest absolute Gasteiger partial charge is 0.469 e. The van der Waals surface area contributed by atoms with Crippen LogP contribution >= 0.6 is 0 Å². The molecule has 2 N–H and O–H groups in total. The molecule has 2 aromatic rings. The van der Waals surface area contributed by atoms with E-state index in [2.05, 4.69) is 15.4 Å². The maximum atomic E-state index is 12.2. The van der Waals surface area contributed by atoms with Crippen LogP contribution in [0.15, 0.2) is 41.0 Å². The van der Waals surface area contributed by atoms with E-state index in [0.29, 0.717) is 12.1 Å². The Labute approximate surface area is 167 Å². The first kappa shape index (κ1) is 21.7. The molecule has 1 aromatic heterocycles. The summed E-state index contributed by atoms with van der Waals surface area (Å²) in [5.74, 6) is -1.86. The summed E-state index contributed by atoms with van der Waals surface area (Å²) >= 11 is 0. The van der Waals surface area contributed by atoms with Crippen LogP contribution in [0, 0.1) is 6.92 Å². The molecule has 0 fully saturated rings. The molecule has 0 radical (unpaired) electrons. The van der Waals surface area contributed by atoms with Gasteiger partial charge < -0.3 is 24.5 Å². The minimum Gasteiger partial charge on any atom is -0.469 e. The molecule has 0 aliphatic carbocycles. The Morgan fingerprint density at radius 2 is 1.93 bits per heavy atom. The highest BCUT2D eigenvalue weighted by Crippen LogP contribution is 2.19. The van der Waals surface area contributed by atoms with Gasteiger partial charge in [0.05, 0.1) is 18.9 Å². The third kappa shape index (κ3) is 6.80. The minimum atomic E-state index is -0.705. The lowest BCUT2D eigenvalue weighted by atomic mass is 10.1. The van der Waals surface area contributed by atoms with Gasteiger partial charge in [-0.05, 0) is 43.2 Å². The van der Waals surface area contributed by atoms with Gasteiger partial charge in [0.2, 0.25) is 0 Å². The number of anilines is 1. The van der Waals surface area contributed by atoms with E-state index in [0.717, 1.165) is 5.56 Å². The molecule has 0 unspecified atom stereocenters. The zero-order valence-electron chi connectivity index (χ0n) is 16.2. The van der Waals surface area contributed by atoms with E-state index < -0.39 is 24.4 Å². The fraction of sp³-hybridized carbons (Fsp3) is 0.300. The molecule has 2 amide bonds. The van der Waals surface area contributed by atoms with Crippen LogP contribution in [-0.4, -0.2) is 44.0 Å². The number of rotatable bonds is 9. The van der Waals surface area contributed by atoms with Gasteiger partial charge in [-0.3, -0.25) is 14.4 Å². The number of methoxy groups -OCH3 is 1. The number of ether oxygens (including phenoxy) is 2. The van der Waals surface area contributed by atoms with Crippen LogP contribution in [0.3, 0.4) is 0 Å². The van der Waals surface area contributed by atoms with Gasteiger partial charge in [0.1, 0.15) is 0 Å². The second-order valence-corrected chi connectivity index (χ2v) is 6.07. The third-order valence-electron chi connectivity index (χ3n) is 3.91. The summed E-state index contributed by atoms with van der Waals surface area (Å²) in [5.41, 5.74) is 1.35. The standard InChI is InChI=1S/C20H22N2O7/c1-13-7-8-14(11-15(13)22-19(25)16-5-4-10-28-16)20(26)29-12-17(23)21-9-3-6-18(24)27-2/h4-5,7-8,10-11H,3,6,9,12H2,1-2H3,(H,21,23)(H,22,25). The first-order valence-corrected chi connectivity index (χ1v) is 8.87. The fourth-order valence-corrected chi connectivity index (χ4v) is 2.30. The van der Waals surface area contributed by atoms with Crippen molar-refractivity contribution in [3.63, 3.8) is 0 Å². The Bertz CT molecular complexity index is 875. The first-order valence-electron chi connectivity index (χ1n) is 8.87. The van der Waals surface area contributed by atoms with Crippen molar-refractivity contribution < 1.29 is 33.1 Å². The first-order chi connectivity index (χ1) is 13.9. The monoisotopic (exact) mass is 402 g/mol. The van der Waals surface area contributed by atoms with E-state index >= 15 is 0 Å². The van der Waals surface area contributed by atoms with E-state index in [-0.39, 0.29) is 30.3 Å². The Hall–Kier alpha value is -3.62. The van der Waals surface area contributed by atoms with Gasteiger partial charge in [-0.25, -0.2) is 4.79 Å². The Morgan fingerprint density at radius 1 is 1.14 bits per heavy atom. The summed E-state index contributed by atoms with van der Waals surface area (Å²) in [6.45, 7) is 1.58. The van der Waals surface area contributed by atoms with Crippen molar-refractivity contribution in [2.45, 2.75) is 19.8 Å². The van der Waals surface area contributed by atoms with Gasteiger partial charge in [-0.2, -0.15) is 0 Å². The number of furan rings is 1. The van der Waals surface area contributed by atoms with Crippen molar-refractivity contribution in [2.75, 3.05) is 25.6 Å². The van der Waals surface area contributed by atoms with Gasteiger partial charge in [0.25, 0.3) is 11.8 Å². The Morgan fingerprint density at radius 3 is 2.62 bits per heavy atom. The molecule has 0 saturated heterocycles. The number of hydrogen-bond donors (Lipinski definition) is 2. The lowest BCUT2D eigenvalue weighted by Crippen LogP contribution is -2.30. The molecule has 0 aliphatic rings. The minimum absolute atomic E-state index is 0.140. The van der Waals surface area contributed by atoms with Gasteiger partial charge in [-0.15, -0.1) is 0 Å². The van der Waals surface area contributed by atoms with E-state index in [1.54, 1.807) is 19.1 Å². The summed E-state index contributed by atoms with van der Waals surface area (Å²) < 4.78 is 14.5. The molecule has 0 aliphatic heterocycles. The molecule has 9 nitrogen and oxygen atoms in total. The Kier molecular flexibility index (Phi) is 7.96. The summed E-state index contributed by atoms with van der Waals surface area (Å²) in [7, 11) is 1.29. The summed E-state index contributed by atoms with van der Waals surface area (Å²) in [4.78, 5) is 47.0. The van der Waals surface area contributed by atoms with Crippen molar-refractivity contribution in [3.05, 3.63) is 53.5 Å². The van der Waals surface area contributed by atoms with Gasteiger partial charge in [0, 0.05) is 18.7 Å². The van der Waals surface area contributed by atoms with Crippen LogP contribution in [0.25, 0.3) is 0 Å². The van der Waals surface area contributed by atoms with Crippen LogP contribution in [0.1, 0.15) is 39.3 Å². The molecular weight excluding hydrogens is 380 g/mol. The normalized spacial score (nSPS) is 10.1. The SMILES string of the molecule is COC(=O)CCCNC(=O)COC(=O)c1ccc(C)c(NC(=O)c2ccco2)c1. The molecule has 29 heavy (non-hydrogen) atoms. The number of carbonyl (C=O) groups is 4. The second-order valence-electron chi connectivity index (χ2n) is 6.07. The molecule has 0 atom stereocenters.